The molecule has 1 aliphatic carbocycles. The van der Waals surface area contributed by atoms with E-state index in [0.717, 1.165) is 38.8 Å². The molecule has 0 unspecified atom stereocenters. The summed E-state index contributed by atoms with van der Waals surface area (Å²) in [5.74, 6) is 2.53. The fourth-order valence-electron chi connectivity index (χ4n) is 6.00. The highest BCUT2D eigenvalue weighted by Gasteiger charge is 2.26. The predicted molar refractivity (Wildman–Crippen MR) is 146 cm³/mol. The first-order valence-electron chi connectivity index (χ1n) is 14.2. The Kier molecular flexibility index (Phi) is 8.17. The van der Waals surface area contributed by atoms with Gasteiger partial charge in [-0.1, -0.05) is 12.1 Å². The second-order valence-electron chi connectivity index (χ2n) is 10.8. The maximum Gasteiger partial charge on any atom is 0.296 e. The van der Waals surface area contributed by atoms with Crippen molar-refractivity contribution in [2.45, 2.75) is 32.1 Å². The van der Waals surface area contributed by atoms with E-state index in [1.807, 2.05) is 6.07 Å². The Morgan fingerprint density at radius 1 is 0.846 bits per heavy atom. The molecule has 1 aromatic carbocycles. The number of halogens is 2. The van der Waals surface area contributed by atoms with Crippen molar-refractivity contribution in [1.29, 1.82) is 0 Å². The number of nitrogens with zero attached hydrogens (tertiary/aromatic N) is 6. The lowest BCUT2D eigenvalue weighted by Crippen LogP contribution is -2.40. The molecule has 9 nitrogen and oxygen atoms in total. The number of hydrogen-bond donors (Lipinski definition) is 1. The number of para-hydroxylation sites is 2. The summed E-state index contributed by atoms with van der Waals surface area (Å²) in [6, 6.07) is 8.96. The lowest BCUT2D eigenvalue weighted by molar-refractivity contribution is 0.0266. The van der Waals surface area contributed by atoms with Crippen molar-refractivity contribution in [3.8, 4) is 5.82 Å². The van der Waals surface area contributed by atoms with Gasteiger partial charge in [-0.25, -0.2) is 13.8 Å². The van der Waals surface area contributed by atoms with Crippen molar-refractivity contribution >= 4 is 22.8 Å². The van der Waals surface area contributed by atoms with Crippen molar-refractivity contribution in [3.05, 3.63) is 36.2 Å². The van der Waals surface area contributed by atoms with Crippen LogP contribution < -0.4 is 10.2 Å². The third kappa shape index (κ3) is 6.15. The van der Waals surface area contributed by atoms with E-state index in [1.165, 1.54) is 36.8 Å². The largest absolute Gasteiger partial charge is 0.379 e. The number of hydrogen-bond acceptors (Lipinski definition) is 8. The molecule has 2 aliphatic heterocycles. The standard InChI is InChI=1S/C28H37F2N7O2/c29-26(30)27-32-22-3-1-2-4-23(22)37(27)25-17-24(36-11-15-39-16-12-36)33-28(34-25)31-18-20-5-7-21(8-6-20)19-35-9-13-38-14-10-35/h1-4,17,20-21,26H,5-16,18-19H2,(H,31,33,34). The molecule has 0 spiro atoms. The Morgan fingerprint density at radius 3 is 2.26 bits per heavy atom. The van der Waals surface area contributed by atoms with Crippen molar-refractivity contribution in [2.24, 2.45) is 11.8 Å². The Morgan fingerprint density at radius 2 is 1.51 bits per heavy atom. The van der Waals surface area contributed by atoms with E-state index in [4.69, 9.17) is 19.4 Å². The molecule has 0 radical (unpaired) electrons. The van der Waals surface area contributed by atoms with Gasteiger partial charge in [0.25, 0.3) is 6.43 Å². The van der Waals surface area contributed by atoms with E-state index in [1.54, 1.807) is 24.3 Å². The van der Waals surface area contributed by atoms with E-state index in [-0.39, 0.29) is 5.82 Å². The van der Waals surface area contributed by atoms with Crippen LogP contribution in [0, 0.1) is 11.8 Å². The zero-order valence-corrected chi connectivity index (χ0v) is 22.3. The molecule has 2 aromatic heterocycles. The molecule has 0 amide bonds. The summed E-state index contributed by atoms with van der Waals surface area (Å²) in [7, 11) is 0. The Hall–Kier alpha value is -2.89. The number of alkyl halides is 2. The highest BCUT2D eigenvalue weighted by molar-refractivity contribution is 5.78. The zero-order chi connectivity index (χ0) is 26.6. The van der Waals surface area contributed by atoms with Crippen LogP contribution in [-0.4, -0.2) is 90.1 Å². The maximum absolute atomic E-state index is 14.1. The highest BCUT2D eigenvalue weighted by Crippen LogP contribution is 2.31. The average Bonchev–Trinajstić information content (AvgIpc) is 3.38. The molecule has 1 N–H and O–H groups in total. The summed E-state index contributed by atoms with van der Waals surface area (Å²) in [6.07, 6.45) is 2.05. The number of nitrogens with one attached hydrogen (secondary N) is 1. The predicted octanol–water partition coefficient (Wildman–Crippen LogP) is 4.14. The number of rotatable bonds is 8. The summed E-state index contributed by atoms with van der Waals surface area (Å²) >= 11 is 0. The van der Waals surface area contributed by atoms with Gasteiger partial charge in [-0.2, -0.15) is 9.97 Å². The van der Waals surface area contributed by atoms with Crippen LogP contribution in [0.25, 0.3) is 16.9 Å². The quantitative estimate of drug-likeness (QED) is 0.456. The second kappa shape index (κ2) is 12.1. The van der Waals surface area contributed by atoms with Gasteiger partial charge in [0, 0.05) is 45.3 Å². The summed E-state index contributed by atoms with van der Waals surface area (Å²) in [4.78, 5) is 18.4. The van der Waals surface area contributed by atoms with Crippen LogP contribution in [-0.2, 0) is 9.47 Å². The Labute approximate surface area is 227 Å². The fraction of sp³-hybridized carbons (Fsp3) is 0.607. The molecule has 3 fully saturated rings. The van der Waals surface area contributed by atoms with Crippen molar-refractivity contribution in [1.82, 2.24) is 24.4 Å². The third-order valence-electron chi connectivity index (χ3n) is 8.18. The molecule has 0 atom stereocenters. The van der Waals surface area contributed by atoms with Gasteiger partial charge in [0.1, 0.15) is 11.6 Å². The number of imidazole rings is 1. The van der Waals surface area contributed by atoms with Crippen LogP contribution in [0.15, 0.2) is 30.3 Å². The number of anilines is 2. The number of aromatic nitrogens is 4. The van der Waals surface area contributed by atoms with Gasteiger partial charge in [-0.15, -0.1) is 0 Å². The molecule has 11 heteroatoms. The van der Waals surface area contributed by atoms with Crippen LogP contribution in [0.5, 0.6) is 0 Å². The van der Waals surface area contributed by atoms with Gasteiger partial charge < -0.3 is 19.7 Å². The molecule has 39 heavy (non-hydrogen) atoms. The summed E-state index contributed by atoms with van der Waals surface area (Å²) in [5, 5.41) is 3.46. The summed E-state index contributed by atoms with van der Waals surface area (Å²) in [5.41, 5.74) is 1.12. The highest BCUT2D eigenvalue weighted by atomic mass is 19.3. The topological polar surface area (TPSA) is 80.6 Å². The van der Waals surface area contributed by atoms with E-state index in [9.17, 15) is 8.78 Å². The summed E-state index contributed by atoms with van der Waals surface area (Å²) < 4.78 is 40.7. The molecular weight excluding hydrogens is 504 g/mol. The Balaban J connectivity index is 1.20. The molecule has 3 aliphatic rings. The van der Waals surface area contributed by atoms with Gasteiger partial charge in [0.15, 0.2) is 5.82 Å². The van der Waals surface area contributed by atoms with Crippen LogP contribution in [0.2, 0.25) is 0 Å². The van der Waals surface area contributed by atoms with Crippen molar-refractivity contribution in [2.75, 3.05) is 75.9 Å². The second-order valence-corrected chi connectivity index (χ2v) is 10.8. The van der Waals surface area contributed by atoms with E-state index >= 15 is 0 Å². The number of morpholine rings is 2. The monoisotopic (exact) mass is 541 g/mol. The number of benzene rings is 1. The third-order valence-corrected chi connectivity index (χ3v) is 8.18. The van der Waals surface area contributed by atoms with Gasteiger partial charge in [0.05, 0.1) is 37.5 Å². The van der Waals surface area contributed by atoms with Crippen LogP contribution in [0.4, 0.5) is 20.5 Å². The minimum absolute atomic E-state index is 0.313. The molecular formula is C28H37F2N7O2. The Bertz CT molecular complexity index is 1240. The normalized spacial score (nSPS) is 23.0. The molecule has 0 bridgehead atoms. The molecule has 3 aromatic rings. The molecule has 1 saturated carbocycles. The first-order chi connectivity index (χ1) is 19.1. The molecule has 2 saturated heterocycles. The van der Waals surface area contributed by atoms with Gasteiger partial charge >= 0.3 is 0 Å². The maximum atomic E-state index is 14.1. The van der Waals surface area contributed by atoms with Gasteiger partial charge in [-0.3, -0.25) is 9.47 Å². The molecule has 6 rings (SSSR count). The SMILES string of the molecule is FC(F)c1nc2ccccc2n1-c1cc(N2CCOCC2)nc(NCC2CCC(CN3CCOCC3)CC2)n1. The van der Waals surface area contributed by atoms with Crippen LogP contribution in [0.1, 0.15) is 37.9 Å². The minimum Gasteiger partial charge on any atom is -0.379 e. The number of ether oxygens (including phenoxy) is 2. The van der Waals surface area contributed by atoms with Crippen molar-refractivity contribution in [3.63, 3.8) is 0 Å². The minimum atomic E-state index is -2.73. The number of fused-ring (bicyclic) bond motifs is 1. The van der Waals surface area contributed by atoms with Crippen LogP contribution >= 0.6 is 0 Å². The van der Waals surface area contributed by atoms with E-state index in [0.29, 0.717) is 60.8 Å². The fourth-order valence-corrected chi connectivity index (χ4v) is 6.00. The first kappa shape index (κ1) is 26.3. The molecule has 210 valence electrons. The summed E-state index contributed by atoms with van der Waals surface area (Å²) in [6.45, 7) is 8.30. The first-order valence-corrected chi connectivity index (χ1v) is 14.2. The lowest BCUT2D eigenvalue weighted by atomic mass is 9.81. The van der Waals surface area contributed by atoms with E-state index in [2.05, 4.69) is 20.1 Å². The van der Waals surface area contributed by atoms with Gasteiger partial charge in [0.2, 0.25) is 5.95 Å². The molecule has 4 heterocycles. The van der Waals surface area contributed by atoms with E-state index < -0.39 is 6.43 Å². The smallest absolute Gasteiger partial charge is 0.296 e. The lowest BCUT2D eigenvalue weighted by Gasteiger charge is -2.34. The van der Waals surface area contributed by atoms with Crippen molar-refractivity contribution < 1.29 is 18.3 Å². The van der Waals surface area contributed by atoms with Crippen LogP contribution in [0.3, 0.4) is 0 Å². The van der Waals surface area contributed by atoms with Gasteiger partial charge in [-0.05, 0) is 49.7 Å². The zero-order valence-electron chi connectivity index (χ0n) is 22.3. The average molecular weight is 542 g/mol.